The first-order chi connectivity index (χ1) is 12.1. The Kier molecular flexibility index (Phi) is 15.1. The van der Waals surface area contributed by atoms with Crippen molar-refractivity contribution in [2.45, 2.75) is 46.1 Å². The summed E-state index contributed by atoms with van der Waals surface area (Å²) in [6, 6.07) is 0. The molecule has 1 amide bonds. The number of hydrogen-bond donors (Lipinski definition) is 1. The van der Waals surface area contributed by atoms with Crippen LogP contribution in [0.3, 0.4) is 0 Å². The highest BCUT2D eigenvalue weighted by atomic mass is 127. The van der Waals surface area contributed by atoms with E-state index in [9.17, 15) is 4.79 Å². The van der Waals surface area contributed by atoms with Crippen LogP contribution in [0.1, 0.15) is 40.0 Å². The van der Waals surface area contributed by atoms with E-state index >= 15 is 0 Å². The highest BCUT2D eigenvalue weighted by Gasteiger charge is 2.16. The molecule has 1 unspecified atom stereocenters. The van der Waals surface area contributed by atoms with Gasteiger partial charge in [0.1, 0.15) is 0 Å². The summed E-state index contributed by atoms with van der Waals surface area (Å²) in [5.41, 5.74) is 0. The molecule has 7 nitrogen and oxygen atoms in total. The van der Waals surface area contributed by atoms with Gasteiger partial charge in [0.15, 0.2) is 5.96 Å². The number of hydrogen-bond acceptors (Lipinski definition) is 4. The van der Waals surface area contributed by atoms with Gasteiger partial charge in [0.2, 0.25) is 5.91 Å². The highest BCUT2D eigenvalue weighted by Crippen LogP contribution is 2.11. The zero-order valence-corrected chi connectivity index (χ0v) is 19.2. The molecule has 0 aromatic carbocycles. The molecule has 1 atom stereocenters. The average molecular weight is 484 g/mol. The molecule has 1 rings (SSSR count). The highest BCUT2D eigenvalue weighted by molar-refractivity contribution is 14.0. The summed E-state index contributed by atoms with van der Waals surface area (Å²) < 4.78 is 11.2. The zero-order valence-electron chi connectivity index (χ0n) is 16.8. The molecule has 1 aliphatic rings. The summed E-state index contributed by atoms with van der Waals surface area (Å²) in [7, 11) is 1.90. The van der Waals surface area contributed by atoms with Gasteiger partial charge in [-0.1, -0.05) is 0 Å². The fourth-order valence-electron chi connectivity index (χ4n) is 2.77. The number of ether oxygens (including phenoxy) is 2. The lowest BCUT2D eigenvalue weighted by atomic mass is 10.2. The Hall–Kier alpha value is -0.610. The van der Waals surface area contributed by atoms with Crippen LogP contribution in [0.4, 0.5) is 0 Å². The van der Waals surface area contributed by atoms with Crippen molar-refractivity contribution in [2.75, 3.05) is 59.6 Å². The molecule has 0 aromatic heterocycles. The fraction of sp³-hybridized carbons (Fsp3) is 0.889. The van der Waals surface area contributed by atoms with Crippen LogP contribution in [-0.4, -0.2) is 87.4 Å². The molecule has 0 aromatic rings. The van der Waals surface area contributed by atoms with E-state index in [1.165, 1.54) is 0 Å². The largest absolute Gasteiger partial charge is 0.379 e. The van der Waals surface area contributed by atoms with Gasteiger partial charge < -0.3 is 24.6 Å². The van der Waals surface area contributed by atoms with Gasteiger partial charge in [0, 0.05) is 46.4 Å². The first kappa shape index (κ1) is 25.4. The molecule has 0 spiro atoms. The number of carbonyl (C=O) groups is 1. The molecule has 1 N–H and O–H groups in total. The van der Waals surface area contributed by atoms with Gasteiger partial charge in [-0.15, -0.1) is 24.0 Å². The molecule has 26 heavy (non-hydrogen) atoms. The first-order valence-corrected chi connectivity index (χ1v) is 9.58. The number of aliphatic imine (C=N–C) groups is 1. The van der Waals surface area contributed by atoms with Gasteiger partial charge in [-0.2, -0.15) is 0 Å². The van der Waals surface area contributed by atoms with Gasteiger partial charge in [-0.05, 0) is 40.0 Å². The molecule has 1 aliphatic heterocycles. The van der Waals surface area contributed by atoms with E-state index in [4.69, 9.17) is 9.47 Å². The predicted molar refractivity (Wildman–Crippen MR) is 116 cm³/mol. The Morgan fingerprint density at radius 2 is 2.04 bits per heavy atom. The molecular formula is C18H37IN4O3. The number of guanidine groups is 1. The van der Waals surface area contributed by atoms with E-state index in [2.05, 4.69) is 10.3 Å². The maximum absolute atomic E-state index is 12.2. The van der Waals surface area contributed by atoms with E-state index in [0.29, 0.717) is 26.3 Å². The number of amides is 1. The minimum Gasteiger partial charge on any atom is -0.379 e. The van der Waals surface area contributed by atoms with E-state index < -0.39 is 0 Å². The van der Waals surface area contributed by atoms with Crippen LogP contribution < -0.4 is 5.32 Å². The predicted octanol–water partition coefficient (Wildman–Crippen LogP) is 1.96. The molecule has 154 valence electrons. The lowest BCUT2D eigenvalue weighted by molar-refractivity contribution is -0.131. The summed E-state index contributed by atoms with van der Waals surface area (Å²) in [6.45, 7) is 11.5. The summed E-state index contributed by atoms with van der Waals surface area (Å²) in [4.78, 5) is 20.5. The minimum absolute atomic E-state index is 0. The number of rotatable bonds is 11. The van der Waals surface area contributed by atoms with Gasteiger partial charge in [-0.25, -0.2) is 0 Å². The quantitative estimate of drug-likeness (QED) is 0.210. The fourth-order valence-corrected chi connectivity index (χ4v) is 2.77. The second-order valence-electron chi connectivity index (χ2n) is 6.22. The molecular weight excluding hydrogens is 447 g/mol. The smallest absolute Gasteiger partial charge is 0.242 e. The van der Waals surface area contributed by atoms with E-state index in [0.717, 1.165) is 51.5 Å². The summed E-state index contributed by atoms with van der Waals surface area (Å²) in [6.07, 6.45) is 3.38. The number of carbonyl (C=O) groups excluding carboxylic acids is 1. The van der Waals surface area contributed by atoms with Crippen molar-refractivity contribution in [1.82, 2.24) is 15.1 Å². The molecule has 0 saturated carbocycles. The molecule has 1 fully saturated rings. The van der Waals surface area contributed by atoms with E-state index in [1.54, 1.807) is 0 Å². The number of likely N-dealkylation sites (N-methyl/N-ethyl adjacent to an activating group) is 2. The monoisotopic (exact) mass is 484 g/mol. The molecule has 8 heteroatoms. The SMILES string of the molecule is CCNC(=NCCCOCC1CCCO1)N(C)CC(=O)N(CC)CC.I. The topological polar surface area (TPSA) is 66.4 Å². The Balaban J connectivity index is 0.00000625. The number of halogens is 1. The minimum atomic E-state index is 0. The number of nitrogens with one attached hydrogen (secondary N) is 1. The zero-order chi connectivity index (χ0) is 18.5. The molecule has 0 aliphatic carbocycles. The summed E-state index contributed by atoms with van der Waals surface area (Å²) >= 11 is 0. The Morgan fingerprint density at radius 3 is 2.62 bits per heavy atom. The van der Waals surface area contributed by atoms with Crippen molar-refractivity contribution in [1.29, 1.82) is 0 Å². The summed E-state index contributed by atoms with van der Waals surface area (Å²) in [5.74, 6) is 0.889. The van der Waals surface area contributed by atoms with Crippen LogP contribution in [0.5, 0.6) is 0 Å². The molecule has 1 saturated heterocycles. The maximum Gasteiger partial charge on any atom is 0.242 e. The van der Waals surface area contributed by atoms with E-state index in [1.807, 2.05) is 37.6 Å². The first-order valence-electron chi connectivity index (χ1n) is 9.58. The van der Waals surface area contributed by atoms with Crippen molar-refractivity contribution >= 4 is 35.8 Å². The Labute approximate surface area is 175 Å². The van der Waals surface area contributed by atoms with Crippen molar-refractivity contribution in [3.05, 3.63) is 0 Å². The standard InChI is InChI=1S/C18H36N4O3.HI/c1-5-19-18(21(4)14-17(23)22(6-2)7-3)20-11-9-12-24-15-16-10-8-13-25-16;/h16H,5-15H2,1-4H3,(H,19,20);1H. The third kappa shape index (κ3) is 9.91. The lowest BCUT2D eigenvalue weighted by Crippen LogP contribution is -2.45. The normalized spacial score (nSPS) is 16.9. The van der Waals surface area contributed by atoms with Gasteiger partial charge in [-0.3, -0.25) is 9.79 Å². The summed E-state index contributed by atoms with van der Waals surface area (Å²) in [5, 5.41) is 3.24. The van der Waals surface area contributed by atoms with Crippen LogP contribution in [0, 0.1) is 0 Å². The van der Waals surface area contributed by atoms with E-state index in [-0.39, 0.29) is 36.0 Å². The van der Waals surface area contributed by atoms with Crippen LogP contribution in [-0.2, 0) is 14.3 Å². The van der Waals surface area contributed by atoms with Gasteiger partial charge >= 0.3 is 0 Å². The van der Waals surface area contributed by atoms with Crippen molar-refractivity contribution in [3.8, 4) is 0 Å². The van der Waals surface area contributed by atoms with Crippen LogP contribution in [0.15, 0.2) is 4.99 Å². The van der Waals surface area contributed by atoms with Crippen LogP contribution in [0.2, 0.25) is 0 Å². The molecule has 1 heterocycles. The van der Waals surface area contributed by atoms with Crippen molar-refractivity contribution in [2.24, 2.45) is 4.99 Å². The van der Waals surface area contributed by atoms with Crippen molar-refractivity contribution < 1.29 is 14.3 Å². The lowest BCUT2D eigenvalue weighted by Gasteiger charge is -2.25. The van der Waals surface area contributed by atoms with Crippen molar-refractivity contribution in [3.63, 3.8) is 0 Å². The third-order valence-corrected chi connectivity index (χ3v) is 4.22. The Morgan fingerprint density at radius 1 is 1.31 bits per heavy atom. The van der Waals surface area contributed by atoms with Gasteiger partial charge in [0.25, 0.3) is 0 Å². The van der Waals surface area contributed by atoms with Crippen LogP contribution in [0.25, 0.3) is 0 Å². The maximum atomic E-state index is 12.2. The third-order valence-electron chi connectivity index (χ3n) is 4.22. The molecule has 0 bridgehead atoms. The van der Waals surface area contributed by atoms with Crippen LogP contribution >= 0.6 is 24.0 Å². The molecule has 0 radical (unpaired) electrons. The number of nitrogens with zero attached hydrogens (tertiary/aromatic N) is 3. The second-order valence-corrected chi connectivity index (χ2v) is 6.22. The average Bonchev–Trinajstić information content (AvgIpc) is 3.11. The van der Waals surface area contributed by atoms with Gasteiger partial charge in [0.05, 0.1) is 19.3 Å². The Bertz CT molecular complexity index is 400. The second kappa shape index (κ2) is 15.4.